The average molecular weight is 495 g/mol. The average Bonchev–Trinajstić information content (AvgIpc) is 2.89. The van der Waals surface area contributed by atoms with Crippen LogP contribution < -0.4 is 0 Å². The molecule has 0 radical (unpaired) electrons. The minimum Gasteiger partial charge on any atom is -0.336 e. The van der Waals surface area contributed by atoms with Crippen LogP contribution in [0.2, 0.25) is 0 Å². The van der Waals surface area contributed by atoms with Crippen LogP contribution in [0.15, 0.2) is 78.0 Å². The highest BCUT2D eigenvalue weighted by atomic mass is 32.2. The molecule has 0 bridgehead atoms. The standard InChI is InChI=1S/C25H20F2N4O3S/c26-21-6-5-18(15-22(21)27)35(33,34)31-13-11-30(12-14-31)25(32)20-16-24(17-7-9-28-10-8-17)29-23-4-2-1-3-19(20)23/h1-10,15-16H,11-14H2. The summed E-state index contributed by atoms with van der Waals surface area (Å²) < 4.78 is 53.8. The number of carbonyl (C=O) groups excluding carboxylic acids is 1. The van der Waals surface area contributed by atoms with Gasteiger partial charge < -0.3 is 4.90 Å². The number of aromatic nitrogens is 2. The van der Waals surface area contributed by atoms with Gasteiger partial charge in [-0.15, -0.1) is 0 Å². The van der Waals surface area contributed by atoms with Crippen molar-refractivity contribution in [1.82, 2.24) is 19.2 Å². The number of amides is 1. The number of para-hydroxylation sites is 1. The van der Waals surface area contributed by atoms with Crippen LogP contribution >= 0.6 is 0 Å². The Balaban J connectivity index is 1.40. The van der Waals surface area contributed by atoms with E-state index in [1.165, 1.54) is 4.31 Å². The number of hydrogen-bond donors (Lipinski definition) is 0. The molecule has 0 saturated carbocycles. The van der Waals surface area contributed by atoms with Gasteiger partial charge in [0.25, 0.3) is 5.91 Å². The fraction of sp³-hybridized carbons (Fsp3) is 0.160. The molecular weight excluding hydrogens is 474 g/mol. The highest BCUT2D eigenvalue weighted by Crippen LogP contribution is 2.27. The SMILES string of the molecule is O=C(c1cc(-c2ccncc2)nc2ccccc12)N1CCN(S(=O)(=O)c2ccc(F)c(F)c2)CC1. The third-order valence-electron chi connectivity index (χ3n) is 5.98. The van der Waals surface area contributed by atoms with Crippen LogP contribution in [-0.2, 0) is 10.0 Å². The Morgan fingerprint density at radius 1 is 0.857 bits per heavy atom. The normalized spacial score (nSPS) is 14.9. The van der Waals surface area contributed by atoms with E-state index in [0.29, 0.717) is 28.2 Å². The van der Waals surface area contributed by atoms with Gasteiger partial charge in [0.2, 0.25) is 10.0 Å². The van der Waals surface area contributed by atoms with Gasteiger partial charge in [0.15, 0.2) is 11.6 Å². The zero-order valence-corrected chi connectivity index (χ0v) is 19.3. The predicted molar refractivity (Wildman–Crippen MR) is 126 cm³/mol. The first kappa shape index (κ1) is 23.0. The molecule has 178 valence electrons. The number of hydrogen-bond acceptors (Lipinski definition) is 5. The first-order valence-electron chi connectivity index (χ1n) is 10.9. The summed E-state index contributed by atoms with van der Waals surface area (Å²) >= 11 is 0. The van der Waals surface area contributed by atoms with E-state index in [1.54, 1.807) is 23.4 Å². The summed E-state index contributed by atoms with van der Waals surface area (Å²) in [6, 6.07) is 15.2. The zero-order chi connectivity index (χ0) is 24.6. The molecule has 1 fully saturated rings. The summed E-state index contributed by atoms with van der Waals surface area (Å²) in [5.41, 5.74) is 2.60. The molecule has 2 aromatic heterocycles. The molecule has 0 N–H and O–H groups in total. The monoisotopic (exact) mass is 494 g/mol. The fourth-order valence-electron chi connectivity index (χ4n) is 4.11. The van der Waals surface area contributed by atoms with Crippen molar-refractivity contribution in [2.45, 2.75) is 4.90 Å². The van der Waals surface area contributed by atoms with Gasteiger partial charge in [-0.1, -0.05) is 18.2 Å². The van der Waals surface area contributed by atoms with E-state index < -0.39 is 21.7 Å². The smallest absolute Gasteiger partial charge is 0.254 e. The lowest BCUT2D eigenvalue weighted by molar-refractivity contribution is 0.0700. The van der Waals surface area contributed by atoms with Gasteiger partial charge in [-0.3, -0.25) is 9.78 Å². The molecule has 0 spiro atoms. The van der Waals surface area contributed by atoms with Crippen molar-refractivity contribution in [2.75, 3.05) is 26.2 Å². The van der Waals surface area contributed by atoms with Gasteiger partial charge in [-0.05, 0) is 42.5 Å². The highest BCUT2D eigenvalue weighted by Gasteiger charge is 2.31. The van der Waals surface area contributed by atoms with Gasteiger partial charge in [0, 0.05) is 49.5 Å². The highest BCUT2D eigenvalue weighted by molar-refractivity contribution is 7.89. The maximum Gasteiger partial charge on any atom is 0.254 e. The summed E-state index contributed by atoms with van der Waals surface area (Å²) in [6.07, 6.45) is 3.31. The molecule has 1 saturated heterocycles. The molecule has 2 aromatic carbocycles. The van der Waals surface area contributed by atoms with Crippen molar-refractivity contribution < 1.29 is 22.0 Å². The molecule has 5 rings (SSSR count). The molecular formula is C25H20F2N4O3S. The fourth-order valence-corrected chi connectivity index (χ4v) is 5.55. The Kier molecular flexibility index (Phi) is 6.00. The molecule has 0 atom stereocenters. The number of piperazine rings is 1. The third kappa shape index (κ3) is 4.38. The van der Waals surface area contributed by atoms with E-state index in [2.05, 4.69) is 9.97 Å². The third-order valence-corrected chi connectivity index (χ3v) is 7.87. The molecule has 35 heavy (non-hydrogen) atoms. The van der Waals surface area contributed by atoms with E-state index in [4.69, 9.17) is 0 Å². The maximum absolute atomic E-state index is 13.6. The lowest BCUT2D eigenvalue weighted by Gasteiger charge is -2.34. The van der Waals surface area contributed by atoms with E-state index in [1.807, 2.05) is 36.4 Å². The second-order valence-corrected chi connectivity index (χ2v) is 10.0. The van der Waals surface area contributed by atoms with Crippen LogP contribution in [0.5, 0.6) is 0 Å². The summed E-state index contributed by atoms with van der Waals surface area (Å²) in [6.45, 7) is 0.382. The van der Waals surface area contributed by atoms with Crippen LogP contribution in [0.1, 0.15) is 10.4 Å². The van der Waals surface area contributed by atoms with Gasteiger partial charge in [-0.25, -0.2) is 22.2 Å². The van der Waals surface area contributed by atoms with Crippen molar-refractivity contribution in [3.63, 3.8) is 0 Å². The minimum atomic E-state index is -4.02. The van der Waals surface area contributed by atoms with Gasteiger partial charge in [0.1, 0.15) is 0 Å². The van der Waals surface area contributed by atoms with Crippen LogP contribution in [0, 0.1) is 11.6 Å². The predicted octanol–water partition coefficient (Wildman–Crippen LogP) is 3.72. The topological polar surface area (TPSA) is 83.5 Å². The van der Waals surface area contributed by atoms with Crippen molar-refractivity contribution in [1.29, 1.82) is 0 Å². The van der Waals surface area contributed by atoms with Crippen molar-refractivity contribution in [2.24, 2.45) is 0 Å². The maximum atomic E-state index is 13.6. The molecule has 4 aromatic rings. The van der Waals surface area contributed by atoms with Crippen LogP contribution in [-0.4, -0.2) is 59.7 Å². The van der Waals surface area contributed by atoms with Crippen molar-refractivity contribution in [3.8, 4) is 11.3 Å². The molecule has 0 unspecified atom stereocenters. The first-order valence-corrected chi connectivity index (χ1v) is 12.3. The summed E-state index contributed by atoms with van der Waals surface area (Å²) in [4.78, 5) is 23.5. The van der Waals surface area contributed by atoms with Crippen molar-refractivity contribution in [3.05, 3.63) is 90.3 Å². The van der Waals surface area contributed by atoms with Gasteiger partial charge in [-0.2, -0.15) is 4.31 Å². The Morgan fingerprint density at radius 2 is 1.57 bits per heavy atom. The number of benzene rings is 2. The number of sulfonamides is 1. The van der Waals surface area contributed by atoms with E-state index in [0.717, 1.165) is 17.7 Å². The number of nitrogens with zero attached hydrogens (tertiary/aromatic N) is 4. The Hall–Kier alpha value is -3.76. The zero-order valence-electron chi connectivity index (χ0n) is 18.4. The van der Waals surface area contributed by atoms with E-state index >= 15 is 0 Å². The Morgan fingerprint density at radius 3 is 2.29 bits per heavy atom. The van der Waals surface area contributed by atoms with E-state index in [9.17, 15) is 22.0 Å². The van der Waals surface area contributed by atoms with E-state index in [-0.39, 0.29) is 37.0 Å². The number of carbonyl (C=O) groups is 1. The molecule has 0 aliphatic carbocycles. The van der Waals surface area contributed by atoms with Crippen LogP contribution in [0.25, 0.3) is 22.2 Å². The van der Waals surface area contributed by atoms with Gasteiger partial charge in [0.05, 0.1) is 21.7 Å². The molecule has 7 nitrogen and oxygen atoms in total. The molecule has 1 aliphatic rings. The summed E-state index contributed by atoms with van der Waals surface area (Å²) in [7, 11) is -4.02. The van der Waals surface area contributed by atoms with Crippen molar-refractivity contribution >= 4 is 26.8 Å². The Bertz CT molecular complexity index is 1520. The quantitative estimate of drug-likeness (QED) is 0.432. The molecule has 3 heterocycles. The van der Waals surface area contributed by atoms with Crippen LogP contribution in [0.4, 0.5) is 8.78 Å². The lowest BCUT2D eigenvalue weighted by atomic mass is 10.0. The number of rotatable bonds is 4. The second kappa shape index (κ2) is 9.12. The van der Waals surface area contributed by atoms with Crippen LogP contribution in [0.3, 0.4) is 0 Å². The second-order valence-electron chi connectivity index (χ2n) is 8.08. The molecule has 1 amide bonds. The molecule has 10 heteroatoms. The number of pyridine rings is 2. The minimum absolute atomic E-state index is 0.0350. The lowest BCUT2D eigenvalue weighted by Crippen LogP contribution is -2.50. The number of fused-ring (bicyclic) bond motifs is 1. The summed E-state index contributed by atoms with van der Waals surface area (Å²) in [5, 5.41) is 0.701. The largest absolute Gasteiger partial charge is 0.336 e. The molecule has 1 aliphatic heterocycles. The Labute approximate surface area is 200 Å². The summed E-state index contributed by atoms with van der Waals surface area (Å²) in [5.74, 6) is -2.58. The first-order chi connectivity index (χ1) is 16.8. The van der Waals surface area contributed by atoms with Gasteiger partial charge >= 0.3 is 0 Å². The number of halogens is 2.